The van der Waals surface area contributed by atoms with Crippen LogP contribution in [0.2, 0.25) is 0 Å². The summed E-state index contributed by atoms with van der Waals surface area (Å²) in [7, 11) is 0. The second-order valence-electron chi connectivity index (χ2n) is 6.95. The van der Waals surface area contributed by atoms with E-state index in [1.807, 2.05) is 17.4 Å². The number of hydrogen-bond acceptors (Lipinski definition) is 4. The molecule has 1 saturated carbocycles. The molecule has 1 saturated heterocycles. The third-order valence-electron chi connectivity index (χ3n) is 5.28. The zero-order valence-electron chi connectivity index (χ0n) is 13.1. The van der Waals surface area contributed by atoms with E-state index in [2.05, 4.69) is 41.3 Å². The fourth-order valence-corrected chi connectivity index (χ4v) is 5.13. The molecule has 2 heterocycles. The quantitative estimate of drug-likeness (QED) is 0.910. The highest BCUT2D eigenvalue weighted by molar-refractivity contribution is 7.15. The molecule has 122 valence electrons. The van der Waals surface area contributed by atoms with Gasteiger partial charge >= 0.3 is 0 Å². The van der Waals surface area contributed by atoms with E-state index in [4.69, 9.17) is 0 Å². The number of benzene rings is 1. The lowest BCUT2D eigenvalue weighted by Gasteiger charge is -2.32. The molecule has 0 unspecified atom stereocenters. The molecule has 1 aromatic carbocycles. The first-order valence-electron chi connectivity index (χ1n) is 8.41. The van der Waals surface area contributed by atoms with Crippen molar-refractivity contribution in [3.05, 3.63) is 47.3 Å². The molecule has 0 bridgehead atoms. The molecule has 4 heteroatoms. The van der Waals surface area contributed by atoms with Crippen LogP contribution in [0.4, 0.5) is 0 Å². The third kappa shape index (κ3) is 3.22. The number of nitrogens with zero attached hydrogens (tertiary/aromatic N) is 1. The average Bonchev–Trinajstić information content (AvgIpc) is 3.16. The molecule has 1 aliphatic carbocycles. The summed E-state index contributed by atoms with van der Waals surface area (Å²) in [6.45, 7) is 3.08. The molecule has 2 aliphatic rings. The van der Waals surface area contributed by atoms with Crippen molar-refractivity contribution in [3.63, 3.8) is 0 Å². The molecule has 1 aliphatic heterocycles. The number of rotatable bonds is 3. The number of aliphatic hydroxyl groups is 2. The Morgan fingerprint density at radius 3 is 2.22 bits per heavy atom. The first-order valence-corrected chi connectivity index (χ1v) is 9.23. The molecular formula is C19H23NO2S. The van der Waals surface area contributed by atoms with Gasteiger partial charge in [0.1, 0.15) is 0 Å². The molecular weight excluding hydrogens is 306 g/mol. The van der Waals surface area contributed by atoms with Gasteiger partial charge < -0.3 is 10.2 Å². The third-order valence-corrected chi connectivity index (χ3v) is 6.40. The molecule has 23 heavy (non-hydrogen) atoms. The van der Waals surface area contributed by atoms with Gasteiger partial charge in [0.2, 0.25) is 0 Å². The molecule has 0 radical (unpaired) electrons. The van der Waals surface area contributed by atoms with Crippen molar-refractivity contribution in [3.8, 4) is 10.4 Å². The van der Waals surface area contributed by atoms with Crippen LogP contribution in [0.5, 0.6) is 0 Å². The average molecular weight is 329 g/mol. The number of fused-ring (bicyclic) bond motifs is 1. The number of hydrogen-bond donors (Lipinski definition) is 2. The SMILES string of the molecule is O[C@@H]1C[C@@H]2CN(Cc3ccc(-c4ccccc4)s3)C[C@@H]2C[C@H]1O. The van der Waals surface area contributed by atoms with Gasteiger partial charge in [-0.3, -0.25) is 4.90 Å². The molecule has 0 spiro atoms. The predicted molar refractivity (Wildman–Crippen MR) is 93.3 cm³/mol. The van der Waals surface area contributed by atoms with Crippen LogP contribution in [0.3, 0.4) is 0 Å². The molecule has 2 aromatic rings. The van der Waals surface area contributed by atoms with Crippen LogP contribution >= 0.6 is 11.3 Å². The van der Waals surface area contributed by atoms with Gasteiger partial charge in [0.05, 0.1) is 12.2 Å². The maximum absolute atomic E-state index is 9.86. The van der Waals surface area contributed by atoms with Crippen LogP contribution in [0, 0.1) is 11.8 Å². The lowest BCUT2D eigenvalue weighted by molar-refractivity contribution is -0.0372. The van der Waals surface area contributed by atoms with Crippen LogP contribution in [0.25, 0.3) is 10.4 Å². The molecule has 2 N–H and O–H groups in total. The fraction of sp³-hybridized carbons (Fsp3) is 0.474. The van der Waals surface area contributed by atoms with E-state index in [-0.39, 0.29) is 0 Å². The van der Waals surface area contributed by atoms with Crippen molar-refractivity contribution in [1.82, 2.24) is 4.90 Å². The Hall–Kier alpha value is -1.20. The Kier molecular flexibility index (Phi) is 4.24. The van der Waals surface area contributed by atoms with Crippen LogP contribution in [-0.2, 0) is 6.54 Å². The van der Waals surface area contributed by atoms with Gasteiger partial charge in [0.25, 0.3) is 0 Å². The first kappa shape index (κ1) is 15.3. The van der Waals surface area contributed by atoms with Crippen molar-refractivity contribution in [1.29, 1.82) is 0 Å². The summed E-state index contributed by atoms with van der Waals surface area (Å²) in [5.41, 5.74) is 1.28. The van der Waals surface area contributed by atoms with Crippen LogP contribution in [-0.4, -0.2) is 40.4 Å². The molecule has 2 fully saturated rings. The summed E-state index contributed by atoms with van der Waals surface area (Å²) in [4.78, 5) is 5.20. The molecule has 0 amide bonds. The standard InChI is InChI=1S/C19H23NO2S/c21-17-8-14-10-20(11-15(14)9-18(17)22)12-16-6-7-19(23-16)13-4-2-1-3-5-13/h1-7,14-15,17-18,21-22H,8-12H2/t14-,15+,17-,18-/m1/s1. The summed E-state index contributed by atoms with van der Waals surface area (Å²) in [5, 5.41) is 19.7. The summed E-state index contributed by atoms with van der Waals surface area (Å²) in [5.74, 6) is 1.09. The second-order valence-corrected chi connectivity index (χ2v) is 8.12. The molecule has 4 rings (SSSR count). The second kappa shape index (κ2) is 6.36. The van der Waals surface area contributed by atoms with E-state index in [9.17, 15) is 10.2 Å². The van der Waals surface area contributed by atoms with E-state index in [1.54, 1.807) is 0 Å². The van der Waals surface area contributed by atoms with E-state index >= 15 is 0 Å². The van der Waals surface area contributed by atoms with E-state index < -0.39 is 12.2 Å². The van der Waals surface area contributed by atoms with Crippen molar-refractivity contribution in [2.45, 2.75) is 31.6 Å². The van der Waals surface area contributed by atoms with Gasteiger partial charge in [0, 0.05) is 29.4 Å². The summed E-state index contributed by atoms with van der Waals surface area (Å²) < 4.78 is 0. The zero-order chi connectivity index (χ0) is 15.8. The van der Waals surface area contributed by atoms with Gasteiger partial charge in [-0.2, -0.15) is 0 Å². The molecule has 4 atom stereocenters. The van der Waals surface area contributed by atoms with Gasteiger partial charge in [-0.05, 0) is 42.4 Å². The maximum Gasteiger partial charge on any atom is 0.0802 e. The monoisotopic (exact) mass is 329 g/mol. The number of likely N-dealkylation sites (tertiary alicyclic amines) is 1. The Labute approximate surface area is 141 Å². The van der Waals surface area contributed by atoms with Crippen molar-refractivity contribution < 1.29 is 10.2 Å². The highest BCUT2D eigenvalue weighted by atomic mass is 32.1. The lowest BCUT2D eigenvalue weighted by Crippen LogP contribution is -2.38. The Morgan fingerprint density at radius 1 is 0.913 bits per heavy atom. The summed E-state index contributed by atoms with van der Waals surface area (Å²) in [6.07, 6.45) is 0.453. The number of aliphatic hydroxyl groups excluding tert-OH is 2. The topological polar surface area (TPSA) is 43.7 Å². The van der Waals surface area contributed by atoms with E-state index in [0.29, 0.717) is 11.8 Å². The first-order chi connectivity index (χ1) is 11.2. The maximum atomic E-state index is 9.86. The number of thiophene rings is 1. The van der Waals surface area contributed by atoms with Gasteiger partial charge in [-0.25, -0.2) is 0 Å². The Bertz CT molecular complexity index is 638. The van der Waals surface area contributed by atoms with Gasteiger partial charge in [0.15, 0.2) is 0 Å². The van der Waals surface area contributed by atoms with E-state index in [1.165, 1.54) is 15.3 Å². The zero-order valence-corrected chi connectivity index (χ0v) is 14.0. The minimum Gasteiger partial charge on any atom is -0.390 e. The highest BCUT2D eigenvalue weighted by Crippen LogP contribution is 2.38. The predicted octanol–water partition coefficient (Wildman–Crippen LogP) is 2.98. The van der Waals surface area contributed by atoms with Crippen LogP contribution in [0.1, 0.15) is 17.7 Å². The Balaban J connectivity index is 1.41. The minimum absolute atomic E-state index is 0.525. The van der Waals surface area contributed by atoms with Crippen molar-refractivity contribution in [2.75, 3.05) is 13.1 Å². The fourth-order valence-electron chi connectivity index (χ4n) is 4.07. The van der Waals surface area contributed by atoms with E-state index in [0.717, 1.165) is 32.5 Å². The normalized spacial score (nSPS) is 31.2. The summed E-state index contributed by atoms with van der Waals surface area (Å²) in [6, 6.07) is 15.0. The van der Waals surface area contributed by atoms with Gasteiger partial charge in [-0.1, -0.05) is 30.3 Å². The molecule has 3 nitrogen and oxygen atoms in total. The lowest BCUT2D eigenvalue weighted by atomic mass is 9.79. The van der Waals surface area contributed by atoms with Crippen LogP contribution < -0.4 is 0 Å². The van der Waals surface area contributed by atoms with Crippen molar-refractivity contribution >= 4 is 11.3 Å². The Morgan fingerprint density at radius 2 is 1.57 bits per heavy atom. The minimum atomic E-state index is -0.525. The van der Waals surface area contributed by atoms with Crippen LogP contribution in [0.15, 0.2) is 42.5 Å². The largest absolute Gasteiger partial charge is 0.390 e. The smallest absolute Gasteiger partial charge is 0.0802 e. The summed E-state index contributed by atoms with van der Waals surface area (Å²) >= 11 is 1.87. The highest BCUT2D eigenvalue weighted by Gasteiger charge is 2.40. The van der Waals surface area contributed by atoms with Crippen molar-refractivity contribution in [2.24, 2.45) is 11.8 Å². The van der Waals surface area contributed by atoms with Gasteiger partial charge in [-0.15, -0.1) is 11.3 Å². The molecule has 1 aromatic heterocycles.